The van der Waals surface area contributed by atoms with Gasteiger partial charge in [-0.05, 0) is 47.7 Å². The highest BCUT2D eigenvalue weighted by molar-refractivity contribution is 7.16. The standard InChI is InChI=1S/C13H16ClN3S/c1-2-13(5-3-6-13)8-15-10-9-4-7-18-11(9)17-12(14)16-10/h4,7H,2-3,5-6,8H2,1H3,(H,15,16,17). The van der Waals surface area contributed by atoms with Gasteiger partial charge in [-0.1, -0.05) is 13.3 Å². The molecule has 2 aromatic rings. The molecule has 3 nitrogen and oxygen atoms in total. The minimum Gasteiger partial charge on any atom is -0.369 e. The van der Waals surface area contributed by atoms with Crippen molar-refractivity contribution >= 4 is 39.0 Å². The van der Waals surface area contributed by atoms with E-state index in [2.05, 4.69) is 28.3 Å². The lowest BCUT2D eigenvalue weighted by Gasteiger charge is -2.41. The van der Waals surface area contributed by atoms with Gasteiger partial charge in [-0.3, -0.25) is 0 Å². The number of nitrogens with one attached hydrogen (secondary N) is 1. The van der Waals surface area contributed by atoms with Crippen LogP contribution in [-0.2, 0) is 0 Å². The van der Waals surface area contributed by atoms with E-state index in [0.717, 1.165) is 22.6 Å². The number of aromatic nitrogens is 2. The van der Waals surface area contributed by atoms with E-state index in [1.54, 1.807) is 11.3 Å². The molecule has 1 fully saturated rings. The van der Waals surface area contributed by atoms with E-state index in [1.807, 2.05) is 5.38 Å². The summed E-state index contributed by atoms with van der Waals surface area (Å²) in [5, 5.41) is 6.91. The van der Waals surface area contributed by atoms with Crippen LogP contribution in [0.3, 0.4) is 0 Å². The quantitative estimate of drug-likeness (QED) is 0.847. The van der Waals surface area contributed by atoms with E-state index in [1.165, 1.54) is 25.7 Å². The summed E-state index contributed by atoms with van der Waals surface area (Å²) in [6, 6.07) is 2.05. The number of halogens is 1. The highest BCUT2D eigenvalue weighted by atomic mass is 35.5. The van der Waals surface area contributed by atoms with E-state index in [-0.39, 0.29) is 0 Å². The molecule has 0 amide bonds. The van der Waals surface area contributed by atoms with Crippen molar-refractivity contribution < 1.29 is 0 Å². The number of anilines is 1. The molecule has 0 radical (unpaired) electrons. The summed E-state index contributed by atoms with van der Waals surface area (Å²) in [6.07, 6.45) is 5.23. The zero-order chi connectivity index (χ0) is 12.6. The third-order valence-corrected chi connectivity index (χ3v) is 5.07. The number of nitrogens with zero attached hydrogens (tertiary/aromatic N) is 2. The van der Waals surface area contributed by atoms with Gasteiger partial charge in [-0.15, -0.1) is 11.3 Å². The normalized spacial score (nSPS) is 17.7. The number of hydrogen-bond acceptors (Lipinski definition) is 4. The van der Waals surface area contributed by atoms with Crippen LogP contribution in [-0.4, -0.2) is 16.5 Å². The Kier molecular flexibility index (Phi) is 3.16. The predicted octanol–water partition coefficient (Wildman–Crippen LogP) is 4.34. The van der Waals surface area contributed by atoms with Crippen LogP contribution in [0.4, 0.5) is 5.82 Å². The smallest absolute Gasteiger partial charge is 0.225 e. The first-order valence-corrected chi connectivity index (χ1v) is 7.63. The first-order valence-electron chi connectivity index (χ1n) is 6.37. The Labute approximate surface area is 116 Å². The minimum atomic E-state index is 0.326. The Hall–Kier alpha value is -0.870. The molecule has 2 aromatic heterocycles. The van der Waals surface area contributed by atoms with Crippen LogP contribution in [0.5, 0.6) is 0 Å². The van der Waals surface area contributed by atoms with Crippen molar-refractivity contribution in [2.24, 2.45) is 5.41 Å². The molecule has 1 saturated carbocycles. The summed E-state index contributed by atoms with van der Waals surface area (Å²) in [5.74, 6) is 0.881. The lowest BCUT2D eigenvalue weighted by atomic mass is 9.67. The number of hydrogen-bond donors (Lipinski definition) is 1. The molecule has 5 heteroatoms. The Morgan fingerprint density at radius 3 is 2.94 bits per heavy atom. The summed E-state index contributed by atoms with van der Waals surface area (Å²) in [6.45, 7) is 3.26. The Morgan fingerprint density at radius 1 is 1.44 bits per heavy atom. The Bertz CT molecular complexity index is 557. The first-order chi connectivity index (χ1) is 8.72. The van der Waals surface area contributed by atoms with E-state index < -0.39 is 0 Å². The van der Waals surface area contributed by atoms with E-state index in [0.29, 0.717) is 10.7 Å². The molecule has 0 aromatic carbocycles. The highest BCUT2D eigenvalue weighted by Crippen LogP contribution is 2.44. The number of rotatable bonds is 4. The van der Waals surface area contributed by atoms with Crippen molar-refractivity contribution in [2.75, 3.05) is 11.9 Å². The van der Waals surface area contributed by atoms with Crippen LogP contribution in [0.2, 0.25) is 5.28 Å². The van der Waals surface area contributed by atoms with Gasteiger partial charge in [0.15, 0.2) is 0 Å². The molecule has 0 saturated heterocycles. The van der Waals surface area contributed by atoms with Crippen LogP contribution in [0, 0.1) is 5.41 Å². The van der Waals surface area contributed by atoms with Crippen molar-refractivity contribution in [3.63, 3.8) is 0 Å². The zero-order valence-corrected chi connectivity index (χ0v) is 11.9. The van der Waals surface area contributed by atoms with Gasteiger partial charge >= 0.3 is 0 Å². The lowest BCUT2D eigenvalue weighted by Crippen LogP contribution is -2.36. The van der Waals surface area contributed by atoms with Gasteiger partial charge in [0.2, 0.25) is 5.28 Å². The summed E-state index contributed by atoms with van der Waals surface area (Å²) in [5.41, 5.74) is 0.472. The average molecular weight is 282 g/mol. The fourth-order valence-corrected chi connectivity index (χ4v) is 3.55. The molecule has 96 valence electrons. The second kappa shape index (κ2) is 4.67. The second-order valence-corrected chi connectivity index (χ2v) is 6.27. The maximum atomic E-state index is 5.96. The van der Waals surface area contributed by atoms with E-state index in [9.17, 15) is 0 Å². The molecular formula is C13H16ClN3S. The van der Waals surface area contributed by atoms with Crippen LogP contribution < -0.4 is 5.32 Å². The SMILES string of the molecule is CCC1(CNc2nc(Cl)nc3sccc23)CCC1. The molecule has 1 aliphatic carbocycles. The largest absolute Gasteiger partial charge is 0.369 e. The maximum Gasteiger partial charge on any atom is 0.225 e. The highest BCUT2D eigenvalue weighted by Gasteiger charge is 2.34. The number of fused-ring (bicyclic) bond motifs is 1. The molecule has 1 aliphatic rings. The summed E-state index contributed by atoms with van der Waals surface area (Å²) >= 11 is 7.56. The van der Waals surface area contributed by atoms with Gasteiger partial charge in [0.05, 0.1) is 5.39 Å². The molecule has 18 heavy (non-hydrogen) atoms. The van der Waals surface area contributed by atoms with Crippen LogP contribution in [0.15, 0.2) is 11.4 Å². The fraction of sp³-hybridized carbons (Fsp3) is 0.538. The maximum absolute atomic E-state index is 5.96. The van der Waals surface area contributed by atoms with E-state index >= 15 is 0 Å². The molecule has 0 spiro atoms. The van der Waals surface area contributed by atoms with Gasteiger partial charge in [-0.2, -0.15) is 0 Å². The average Bonchev–Trinajstić information content (AvgIpc) is 2.75. The monoisotopic (exact) mass is 281 g/mol. The molecule has 2 heterocycles. The lowest BCUT2D eigenvalue weighted by molar-refractivity contribution is 0.145. The molecule has 0 unspecified atom stereocenters. The Morgan fingerprint density at radius 2 is 2.28 bits per heavy atom. The van der Waals surface area contributed by atoms with Crippen molar-refractivity contribution in [3.8, 4) is 0 Å². The summed E-state index contributed by atoms with van der Waals surface area (Å²) < 4.78 is 0. The summed E-state index contributed by atoms with van der Waals surface area (Å²) in [4.78, 5) is 9.50. The molecule has 1 N–H and O–H groups in total. The fourth-order valence-electron chi connectivity index (χ4n) is 2.57. The predicted molar refractivity (Wildman–Crippen MR) is 77.5 cm³/mol. The molecule has 0 bridgehead atoms. The van der Waals surface area contributed by atoms with Gasteiger partial charge in [0, 0.05) is 6.54 Å². The topological polar surface area (TPSA) is 37.8 Å². The van der Waals surface area contributed by atoms with E-state index in [4.69, 9.17) is 11.6 Å². The molecule has 0 atom stereocenters. The van der Waals surface area contributed by atoms with Gasteiger partial charge in [0.1, 0.15) is 10.6 Å². The third-order valence-electron chi connectivity index (χ3n) is 4.09. The molecule has 3 rings (SSSR count). The van der Waals surface area contributed by atoms with Crippen molar-refractivity contribution in [3.05, 3.63) is 16.7 Å². The molecule has 0 aliphatic heterocycles. The number of thiophene rings is 1. The molecular weight excluding hydrogens is 266 g/mol. The van der Waals surface area contributed by atoms with Crippen LogP contribution in [0.25, 0.3) is 10.2 Å². The summed E-state index contributed by atoms with van der Waals surface area (Å²) in [7, 11) is 0. The van der Waals surface area contributed by atoms with Gasteiger partial charge < -0.3 is 5.32 Å². The zero-order valence-electron chi connectivity index (χ0n) is 10.4. The van der Waals surface area contributed by atoms with Crippen molar-refractivity contribution in [1.82, 2.24) is 9.97 Å². The third kappa shape index (κ3) is 2.08. The second-order valence-electron chi connectivity index (χ2n) is 5.04. The van der Waals surface area contributed by atoms with Crippen molar-refractivity contribution in [1.29, 1.82) is 0 Å². The van der Waals surface area contributed by atoms with Crippen LogP contribution >= 0.6 is 22.9 Å². The first kappa shape index (κ1) is 12.2. The minimum absolute atomic E-state index is 0.326. The van der Waals surface area contributed by atoms with Gasteiger partial charge in [-0.25, -0.2) is 9.97 Å². The van der Waals surface area contributed by atoms with Crippen LogP contribution in [0.1, 0.15) is 32.6 Å². The van der Waals surface area contributed by atoms with Gasteiger partial charge in [0.25, 0.3) is 0 Å². The van der Waals surface area contributed by atoms with Crippen molar-refractivity contribution in [2.45, 2.75) is 32.6 Å². The Balaban J connectivity index is 1.83.